The van der Waals surface area contributed by atoms with Gasteiger partial charge in [-0.05, 0) is 37.8 Å². The number of carbonyl (C=O) groups is 3. The smallest absolute Gasteiger partial charge is 0.269 e. The average Bonchev–Trinajstić information content (AvgIpc) is 2.60. The molecule has 0 spiro atoms. The summed E-state index contributed by atoms with van der Waals surface area (Å²) in [4.78, 5) is 38.0. The Kier molecular flexibility index (Phi) is 6.14. The standard InChI is InChI=1S/C17H23N3O3/c1-2-8-15(21)20-12-7-6-11-14(20)17(23)19-18-16(22)13-9-4-3-5-10-13/h3-5,9-10,14H,2,6-8,11-12H2,1H3,(H,18,22)(H,19,23). The van der Waals surface area contributed by atoms with E-state index in [1.54, 1.807) is 29.2 Å². The van der Waals surface area contributed by atoms with Gasteiger partial charge in [0.2, 0.25) is 5.91 Å². The zero-order valence-corrected chi connectivity index (χ0v) is 13.4. The molecule has 0 saturated carbocycles. The normalized spacial score (nSPS) is 17.4. The van der Waals surface area contributed by atoms with Crippen LogP contribution in [0.25, 0.3) is 0 Å². The third-order valence-electron chi connectivity index (χ3n) is 3.92. The van der Waals surface area contributed by atoms with E-state index in [4.69, 9.17) is 0 Å². The molecule has 23 heavy (non-hydrogen) atoms. The first kappa shape index (κ1) is 17.0. The Labute approximate surface area is 136 Å². The van der Waals surface area contributed by atoms with Gasteiger partial charge in [-0.15, -0.1) is 0 Å². The van der Waals surface area contributed by atoms with Crippen molar-refractivity contribution >= 4 is 17.7 Å². The second kappa shape index (κ2) is 8.31. The Balaban J connectivity index is 1.92. The first-order valence-electron chi connectivity index (χ1n) is 8.08. The van der Waals surface area contributed by atoms with E-state index in [1.807, 2.05) is 13.0 Å². The Hall–Kier alpha value is -2.37. The molecular weight excluding hydrogens is 294 g/mol. The van der Waals surface area contributed by atoms with Crippen molar-refractivity contribution in [2.75, 3.05) is 6.54 Å². The van der Waals surface area contributed by atoms with Crippen LogP contribution in [-0.2, 0) is 9.59 Å². The Morgan fingerprint density at radius 2 is 1.87 bits per heavy atom. The van der Waals surface area contributed by atoms with E-state index < -0.39 is 6.04 Å². The summed E-state index contributed by atoms with van der Waals surface area (Å²) in [7, 11) is 0. The minimum absolute atomic E-state index is 0.00161. The van der Waals surface area contributed by atoms with Gasteiger partial charge in [0.05, 0.1) is 0 Å². The number of benzene rings is 1. The van der Waals surface area contributed by atoms with Gasteiger partial charge >= 0.3 is 0 Å². The first-order valence-corrected chi connectivity index (χ1v) is 8.08. The van der Waals surface area contributed by atoms with Crippen LogP contribution < -0.4 is 10.9 Å². The summed E-state index contributed by atoms with van der Waals surface area (Å²) in [5.74, 6) is -0.707. The molecule has 124 valence electrons. The summed E-state index contributed by atoms with van der Waals surface area (Å²) in [5, 5.41) is 0. The van der Waals surface area contributed by atoms with Gasteiger partial charge in [-0.3, -0.25) is 25.2 Å². The molecule has 6 heteroatoms. The van der Waals surface area contributed by atoms with Crippen LogP contribution in [0.5, 0.6) is 0 Å². The van der Waals surface area contributed by atoms with Crippen LogP contribution in [0.1, 0.15) is 49.4 Å². The number of hydrogen-bond acceptors (Lipinski definition) is 3. The van der Waals surface area contributed by atoms with E-state index in [2.05, 4.69) is 10.9 Å². The zero-order chi connectivity index (χ0) is 16.7. The lowest BCUT2D eigenvalue weighted by atomic mass is 10.0. The molecule has 0 bridgehead atoms. The predicted octanol–water partition coefficient (Wildman–Crippen LogP) is 1.63. The SMILES string of the molecule is CCCC(=O)N1CCCCC1C(=O)NNC(=O)c1ccccc1. The fraction of sp³-hybridized carbons (Fsp3) is 0.471. The van der Waals surface area contributed by atoms with Gasteiger partial charge in [0.1, 0.15) is 6.04 Å². The second-order valence-corrected chi connectivity index (χ2v) is 5.66. The topological polar surface area (TPSA) is 78.5 Å². The maximum absolute atomic E-state index is 12.3. The van der Waals surface area contributed by atoms with E-state index >= 15 is 0 Å². The number of hydrogen-bond donors (Lipinski definition) is 2. The molecule has 0 aliphatic carbocycles. The van der Waals surface area contributed by atoms with E-state index in [0.717, 1.165) is 19.3 Å². The number of piperidine rings is 1. The van der Waals surface area contributed by atoms with Gasteiger partial charge in [0, 0.05) is 18.5 Å². The third-order valence-corrected chi connectivity index (χ3v) is 3.92. The lowest BCUT2D eigenvalue weighted by molar-refractivity contribution is -0.142. The molecule has 1 aliphatic rings. The molecule has 1 fully saturated rings. The Bertz CT molecular complexity index is 559. The molecule has 1 saturated heterocycles. The summed E-state index contributed by atoms with van der Waals surface area (Å²) >= 11 is 0. The lowest BCUT2D eigenvalue weighted by Gasteiger charge is -2.34. The summed E-state index contributed by atoms with van der Waals surface area (Å²) in [6.07, 6.45) is 3.65. The molecule has 2 rings (SSSR count). The average molecular weight is 317 g/mol. The van der Waals surface area contributed by atoms with E-state index in [-0.39, 0.29) is 17.7 Å². The van der Waals surface area contributed by atoms with Crippen molar-refractivity contribution in [3.8, 4) is 0 Å². The molecule has 2 N–H and O–H groups in total. The Morgan fingerprint density at radius 3 is 2.57 bits per heavy atom. The van der Waals surface area contributed by atoms with Gasteiger partial charge in [-0.25, -0.2) is 0 Å². The number of nitrogens with zero attached hydrogens (tertiary/aromatic N) is 1. The first-order chi connectivity index (χ1) is 11.1. The van der Waals surface area contributed by atoms with Crippen molar-refractivity contribution in [3.05, 3.63) is 35.9 Å². The van der Waals surface area contributed by atoms with Gasteiger partial charge in [0.25, 0.3) is 11.8 Å². The molecule has 0 aromatic heterocycles. The fourth-order valence-corrected chi connectivity index (χ4v) is 2.72. The lowest BCUT2D eigenvalue weighted by Crippen LogP contribution is -2.55. The molecule has 1 aromatic carbocycles. The van der Waals surface area contributed by atoms with Crippen molar-refractivity contribution in [1.29, 1.82) is 0 Å². The molecular formula is C17H23N3O3. The molecule has 6 nitrogen and oxygen atoms in total. The highest BCUT2D eigenvalue weighted by Gasteiger charge is 2.31. The summed E-state index contributed by atoms with van der Waals surface area (Å²) in [6.45, 7) is 2.54. The van der Waals surface area contributed by atoms with Crippen molar-refractivity contribution in [2.45, 2.75) is 45.1 Å². The van der Waals surface area contributed by atoms with Crippen molar-refractivity contribution in [3.63, 3.8) is 0 Å². The number of nitrogens with one attached hydrogen (secondary N) is 2. The van der Waals surface area contributed by atoms with Crippen molar-refractivity contribution in [1.82, 2.24) is 15.8 Å². The quantitative estimate of drug-likeness (QED) is 0.829. The van der Waals surface area contributed by atoms with Gasteiger partial charge < -0.3 is 4.90 Å². The number of amides is 3. The zero-order valence-electron chi connectivity index (χ0n) is 13.4. The molecule has 0 radical (unpaired) electrons. The Morgan fingerprint density at radius 1 is 1.13 bits per heavy atom. The number of rotatable bonds is 4. The van der Waals surface area contributed by atoms with E-state index in [1.165, 1.54) is 0 Å². The van der Waals surface area contributed by atoms with Crippen LogP contribution in [0.2, 0.25) is 0 Å². The fourth-order valence-electron chi connectivity index (χ4n) is 2.72. The predicted molar refractivity (Wildman–Crippen MR) is 86.3 cm³/mol. The summed E-state index contributed by atoms with van der Waals surface area (Å²) in [6, 6.07) is 8.15. The highest BCUT2D eigenvalue weighted by atomic mass is 16.2. The maximum Gasteiger partial charge on any atom is 0.269 e. The van der Waals surface area contributed by atoms with Crippen LogP contribution >= 0.6 is 0 Å². The monoisotopic (exact) mass is 317 g/mol. The molecule has 1 heterocycles. The van der Waals surface area contributed by atoms with Crippen LogP contribution in [0.3, 0.4) is 0 Å². The largest absolute Gasteiger partial charge is 0.331 e. The van der Waals surface area contributed by atoms with E-state index in [9.17, 15) is 14.4 Å². The minimum Gasteiger partial charge on any atom is -0.331 e. The number of hydrazine groups is 1. The molecule has 1 atom stereocenters. The molecule has 1 unspecified atom stereocenters. The van der Waals surface area contributed by atoms with Gasteiger partial charge in [0.15, 0.2) is 0 Å². The van der Waals surface area contributed by atoms with Gasteiger partial charge in [-0.1, -0.05) is 25.1 Å². The third kappa shape index (κ3) is 4.55. The summed E-state index contributed by atoms with van der Waals surface area (Å²) < 4.78 is 0. The van der Waals surface area contributed by atoms with E-state index in [0.29, 0.717) is 24.9 Å². The maximum atomic E-state index is 12.3. The number of likely N-dealkylation sites (tertiary alicyclic amines) is 1. The van der Waals surface area contributed by atoms with Crippen LogP contribution in [0.15, 0.2) is 30.3 Å². The van der Waals surface area contributed by atoms with Crippen LogP contribution in [0.4, 0.5) is 0 Å². The highest BCUT2D eigenvalue weighted by Crippen LogP contribution is 2.18. The van der Waals surface area contributed by atoms with Gasteiger partial charge in [-0.2, -0.15) is 0 Å². The molecule has 1 aromatic rings. The second-order valence-electron chi connectivity index (χ2n) is 5.66. The van der Waals surface area contributed by atoms with Crippen LogP contribution in [0, 0.1) is 0 Å². The molecule has 1 aliphatic heterocycles. The number of carbonyl (C=O) groups excluding carboxylic acids is 3. The highest BCUT2D eigenvalue weighted by molar-refractivity contribution is 5.96. The van der Waals surface area contributed by atoms with Crippen molar-refractivity contribution in [2.24, 2.45) is 0 Å². The summed E-state index contributed by atoms with van der Waals surface area (Å²) in [5.41, 5.74) is 5.32. The van der Waals surface area contributed by atoms with Crippen molar-refractivity contribution < 1.29 is 14.4 Å². The van der Waals surface area contributed by atoms with Crippen LogP contribution in [-0.4, -0.2) is 35.2 Å². The minimum atomic E-state index is -0.501. The molecule has 3 amide bonds.